The van der Waals surface area contributed by atoms with Crippen molar-refractivity contribution in [2.45, 2.75) is 32.9 Å². The van der Waals surface area contributed by atoms with Crippen molar-refractivity contribution >= 4 is 0 Å². The van der Waals surface area contributed by atoms with Crippen LogP contribution in [0.2, 0.25) is 0 Å². The molecule has 0 amide bonds. The van der Waals surface area contributed by atoms with Gasteiger partial charge in [-0.3, -0.25) is 4.90 Å². The van der Waals surface area contributed by atoms with Gasteiger partial charge in [0.05, 0.1) is 13.2 Å². The first-order chi connectivity index (χ1) is 8.16. The molecule has 2 heterocycles. The summed E-state index contributed by atoms with van der Waals surface area (Å²) in [5.41, 5.74) is 0. The number of ether oxygens (including phenoxy) is 1. The molecule has 0 aromatic carbocycles. The van der Waals surface area contributed by atoms with Gasteiger partial charge in [-0.2, -0.15) is 0 Å². The number of hydrogen-bond donors (Lipinski definition) is 0. The van der Waals surface area contributed by atoms with Crippen molar-refractivity contribution in [1.82, 2.24) is 19.7 Å². The lowest BCUT2D eigenvalue weighted by Crippen LogP contribution is -2.27. The van der Waals surface area contributed by atoms with Gasteiger partial charge in [0.1, 0.15) is 12.2 Å². The number of nitrogens with zero attached hydrogens (tertiary/aromatic N) is 4. The van der Waals surface area contributed by atoms with E-state index in [9.17, 15) is 0 Å². The Hall–Kier alpha value is -0.940. The van der Waals surface area contributed by atoms with Crippen molar-refractivity contribution in [3.05, 3.63) is 12.2 Å². The van der Waals surface area contributed by atoms with E-state index in [-0.39, 0.29) is 0 Å². The van der Waals surface area contributed by atoms with Gasteiger partial charge in [0.2, 0.25) is 0 Å². The molecule has 1 fully saturated rings. The van der Waals surface area contributed by atoms with Crippen molar-refractivity contribution in [1.29, 1.82) is 0 Å². The number of rotatable bonds is 5. The van der Waals surface area contributed by atoms with Gasteiger partial charge in [0.25, 0.3) is 0 Å². The average molecular weight is 238 g/mol. The van der Waals surface area contributed by atoms with Crippen molar-refractivity contribution in [2.24, 2.45) is 5.92 Å². The van der Waals surface area contributed by atoms with Gasteiger partial charge in [-0.15, -0.1) is 10.2 Å². The first-order valence-corrected chi connectivity index (χ1v) is 6.31. The van der Waals surface area contributed by atoms with Crippen LogP contribution in [-0.4, -0.2) is 46.5 Å². The van der Waals surface area contributed by atoms with Gasteiger partial charge >= 0.3 is 0 Å². The standard InChI is InChI=1S/C12H22N4O/c1-10(2)16-9-13-14-12(16)7-15(3)6-11-4-5-17-8-11/h9-11H,4-8H2,1-3H3/t11-/m0/s1. The van der Waals surface area contributed by atoms with Gasteiger partial charge < -0.3 is 9.30 Å². The molecule has 5 heteroatoms. The highest BCUT2D eigenvalue weighted by molar-refractivity contribution is 4.88. The van der Waals surface area contributed by atoms with E-state index < -0.39 is 0 Å². The highest BCUT2D eigenvalue weighted by Gasteiger charge is 2.18. The van der Waals surface area contributed by atoms with Crippen molar-refractivity contribution in [3.8, 4) is 0 Å². The summed E-state index contributed by atoms with van der Waals surface area (Å²) in [5, 5.41) is 8.18. The molecule has 0 aliphatic carbocycles. The molecule has 1 aromatic rings. The molecule has 0 bridgehead atoms. The average Bonchev–Trinajstić information content (AvgIpc) is 2.88. The Morgan fingerprint density at radius 1 is 1.59 bits per heavy atom. The van der Waals surface area contributed by atoms with Crippen LogP contribution in [-0.2, 0) is 11.3 Å². The lowest BCUT2D eigenvalue weighted by atomic mass is 10.1. The second kappa shape index (κ2) is 5.60. The van der Waals surface area contributed by atoms with E-state index in [1.807, 2.05) is 6.33 Å². The molecular weight excluding hydrogens is 216 g/mol. The predicted molar refractivity (Wildman–Crippen MR) is 65.7 cm³/mol. The van der Waals surface area contributed by atoms with E-state index in [0.717, 1.165) is 32.1 Å². The molecule has 96 valence electrons. The van der Waals surface area contributed by atoms with Gasteiger partial charge in [-0.05, 0) is 33.2 Å². The molecule has 0 saturated carbocycles. The lowest BCUT2D eigenvalue weighted by molar-refractivity contribution is 0.171. The molecule has 2 rings (SSSR count). The molecule has 0 unspecified atom stereocenters. The van der Waals surface area contributed by atoms with Crippen LogP contribution in [0.1, 0.15) is 32.1 Å². The zero-order valence-corrected chi connectivity index (χ0v) is 11.0. The molecule has 1 aliphatic heterocycles. The van der Waals surface area contributed by atoms with E-state index in [0.29, 0.717) is 12.0 Å². The molecule has 1 atom stereocenters. The van der Waals surface area contributed by atoms with Gasteiger partial charge in [0, 0.05) is 19.2 Å². The Morgan fingerprint density at radius 2 is 2.41 bits per heavy atom. The Labute approximate surface area is 103 Å². The van der Waals surface area contributed by atoms with Crippen LogP contribution in [0, 0.1) is 5.92 Å². The Balaban J connectivity index is 1.88. The molecule has 17 heavy (non-hydrogen) atoms. The van der Waals surface area contributed by atoms with Crippen LogP contribution in [0.4, 0.5) is 0 Å². The van der Waals surface area contributed by atoms with Crippen LogP contribution in [0.5, 0.6) is 0 Å². The molecule has 0 spiro atoms. The third kappa shape index (κ3) is 3.26. The second-order valence-corrected chi connectivity index (χ2v) is 5.17. The maximum Gasteiger partial charge on any atom is 0.147 e. The first kappa shape index (κ1) is 12.5. The molecule has 0 radical (unpaired) electrons. The largest absolute Gasteiger partial charge is 0.381 e. The van der Waals surface area contributed by atoms with Crippen LogP contribution >= 0.6 is 0 Å². The molecule has 1 saturated heterocycles. The zero-order valence-electron chi connectivity index (χ0n) is 11.0. The third-order valence-corrected chi connectivity index (χ3v) is 3.21. The van der Waals surface area contributed by atoms with E-state index in [2.05, 4.69) is 40.6 Å². The molecule has 5 nitrogen and oxygen atoms in total. The van der Waals surface area contributed by atoms with E-state index in [4.69, 9.17) is 4.74 Å². The Morgan fingerprint density at radius 3 is 3.06 bits per heavy atom. The van der Waals surface area contributed by atoms with Crippen molar-refractivity contribution in [2.75, 3.05) is 26.8 Å². The van der Waals surface area contributed by atoms with Crippen LogP contribution < -0.4 is 0 Å². The van der Waals surface area contributed by atoms with E-state index >= 15 is 0 Å². The fourth-order valence-electron chi connectivity index (χ4n) is 2.29. The maximum absolute atomic E-state index is 5.40. The highest BCUT2D eigenvalue weighted by atomic mass is 16.5. The quantitative estimate of drug-likeness (QED) is 0.776. The fraction of sp³-hybridized carbons (Fsp3) is 0.833. The van der Waals surface area contributed by atoms with Crippen LogP contribution in [0.25, 0.3) is 0 Å². The molecular formula is C12H22N4O. The summed E-state index contributed by atoms with van der Waals surface area (Å²) in [7, 11) is 2.14. The summed E-state index contributed by atoms with van der Waals surface area (Å²) in [6.07, 6.45) is 2.99. The minimum atomic E-state index is 0.420. The van der Waals surface area contributed by atoms with Gasteiger partial charge in [0.15, 0.2) is 0 Å². The molecule has 0 N–H and O–H groups in total. The van der Waals surface area contributed by atoms with Gasteiger partial charge in [-0.25, -0.2) is 0 Å². The topological polar surface area (TPSA) is 43.2 Å². The molecule has 1 aliphatic rings. The minimum Gasteiger partial charge on any atom is -0.381 e. The lowest BCUT2D eigenvalue weighted by Gasteiger charge is -2.20. The summed E-state index contributed by atoms with van der Waals surface area (Å²) >= 11 is 0. The summed E-state index contributed by atoms with van der Waals surface area (Å²) in [4.78, 5) is 2.31. The smallest absolute Gasteiger partial charge is 0.147 e. The highest BCUT2D eigenvalue weighted by Crippen LogP contribution is 2.15. The third-order valence-electron chi connectivity index (χ3n) is 3.21. The Kier molecular flexibility index (Phi) is 4.12. The zero-order chi connectivity index (χ0) is 12.3. The van der Waals surface area contributed by atoms with Crippen molar-refractivity contribution < 1.29 is 4.74 Å². The van der Waals surface area contributed by atoms with Crippen molar-refractivity contribution in [3.63, 3.8) is 0 Å². The number of aromatic nitrogens is 3. The molecule has 1 aromatic heterocycles. The second-order valence-electron chi connectivity index (χ2n) is 5.17. The SMILES string of the molecule is CC(C)n1cnnc1CN(C)C[C@@H]1CCOC1. The van der Waals surface area contributed by atoms with Crippen LogP contribution in [0.3, 0.4) is 0 Å². The first-order valence-electron chi connectivity index (χ1n) is 6.31. The fourth-order valence-corrected chi connectivity index (χ4v) is 2.29. The van der Waals surface area contributed by atoms with Crippen LogP contribution in [0.15, 0.2) is 6.33 Å². The summed E-state index contributed by atoms with van der Waals surface area (Å²) in [6, 6.07) is 0.420. The predicted octanol–water partition coefficient (Wildman–Crippen LogP) is 1.33. The summed E-state index contributed by atoms with van der Waals surface area (Å²) in [5.74, 6) is 1.72. The summed E-state index contributed by atoms with van der Waals surface area (Å²) < 4.78 is 7.52. The summed E-state index contributed by atoms with van der Waals surface area (Å²) in [6.45, 7) is 8.05. The van der Waals surface area contributed by atoms with E-state index in [1.54, 1.807) is 0 Å². The van der Waals surface area contributed by atoms with E-state index in [1.165, 1.54) is 6.42 Å². The maximum atomic E-state index is 5.40. The Bertz CT molecular complexity index is 344. The minimum absolute atomic E-state index is 0.420. The number of hydrogen-bond acceptors (Lipinski definition) is 4. The normalized spacial score (nSPS) is 20.6. The van der Waals surface area contributed by atoms with Gasteiger partial charge in [-0.1, -0.05) is 0 Å². The monoisotopic (exact) mass is 238 g/mol.